The largest absolute Gasteiger partial charge is 0.465 e. The average molecular weight is 310 g/mol. The fraction of sp³-hybridized carbons (Fsp3) is 0.778. The Morgan fingerprint density at radius 2 is 2.38 bits per heavy atom. The Morgan fingerprint density at radius 3 is 2.88 bits per heavy atom. The van der Waals surface area contributed by atoms with Crippen LogP contribution in [0.3, 0.4) is 0 Å². The summed E-state index contributed by atoms with van der Waals surface area (Å²) in [5.41, 5.74) is 5.79. The number of esters is 1. The summed E-state index contributed by atoms with van der Waals surface area (Å²) in [4.78, 5) is 15.6. The molecule has 1 rings (SSSR count). The van der Waals surface area contributed by atoms with Gasteiger partial charge in [0.1, 0.15) is 0 Å². The van der Waals surface area contributed by atoms with Crippen LogP contribution in [-0.4, -0.2) is 28.1 Å². The van der Waals surface area contributed by atoms with E-state index < -0.39 is 4.57 Å². The van der Waals surface area contributed by atoms with E-state index in [0.717, 1.165) is 0 Å². The van der Waals surface area contributed by atoms with Crippen molar-refractivity contribution in [1.82, 2.24) is 10.9 Å². The van der Waals surface area contributed by atoms with E-state index in [0.29, 0.717) is 17.7 Å². The molecule has 0 radical (unpaired) electrons. The predicted octanol–water partition coefficient (Wildman–Crippen LogP) is 1.45. The van der Waals surface area contributed by atoms with Crippen molar-refractivity contribution in [3.8, 4) is 0 Å². The van der Waals surface area contributed by atoms with E-state index in [1.807, 2.05) is 20.8 Å². The van der Waals surface area contributed by atoms with Gasteiger partial charge in [0.25, 0.3) is 0 Å². The van der Waals surface area contributed by atoms with E-state index in [1.54, 1.807) is 0 Å². The molecule has 7 heteroatoms. The van der Waals surface area contributed by atoms with Crippen molar-refractivity contribution in [3.05, 3.63) is 0 Å². The molecule has 0 saturated heterocycles. The lowest BCUT2D eigenvalue weighted by atomic mass is 10.2. The molecule has 5 nitrogen and oxygen atoms in total. The highest BCUT2D eigenvalue weighted by Crippen LogP contribution is 2.20. The van der Waals surface area contributed by atoms with E-state index in [2.05, 4.69) is 31.8 Å². The van der Waals surface area contributed by atoms with Crippen LogP contribution >= 0.6 is 27.7 Å². The van der Waals surface area contributed by atoms with Crippen LogP contribution in [0.1, 0.15) is 20.8 Å². The summed E-state index contributed by atoms with van der Waals surface area (Å²) in [6, 6.07) is 0. The standard InChI is InChI=1S/C9H16BrN3O2S/c1-6(2)4-15-7(14)5-16-8-11-9(3,10)13-12-8/h6,13H,4-5H2,1-3H3,(H,11,12). The third kappa shape index (κ3) is 5.18. The van der Waals surface area contributed by atoms with Crippen molar-refractivity contribution in [3.63, 3.8) is 0 Å². The number of hydrogen-bond donors (Lipinski definition) is 2. The zero-order chi connectivity index (χ0) is 12.2. The first-order valence-electron chi connectivity index (χ1n) is 4.99. The molecule has 1 heterocycles. The molecule has 0 bridgehead atoms. The smallest absolute Gasteiger partial charge is 0.316 e. The van der Waals surface area contributed by atoms with E-state index >= 15 is 0 Å². The number of carbonyl (C=O) groups is 1. The normalized spacial score (nSPS) is 24.2. The third-order valence-corrected chi connectivity index (χ3v) is 2.84. The second kappa shape index (κ2) is 5.88. The number of hydrazine groups is 1. The van der Waals surface area contributed by atoms with Crippen LogP contribution in [0, 0.1) is 5.92 Å². The molecule has 0 spiro atoms. The van der Waals surface area contributed by atoms with Gasteiger partial charge in [0.15, 0.2) is 9.74 Å². The molecule has 0 amide bonds. The van der Waals surface area contributed by atoms with E-state index in [1.165, 1.54) is 11.8 Å². The van der Waals surface area contributed by atoms with Gasteiger partial charge in [-0.2, -0.15) is 5.43 Å². The molecular weight excluding hydrogens is 294 g/mol. The molecule has 0 aliphatic carbocycles. The van der Waals surface area contributed by atoms with Crippen LogP contribution in [-0.2, 0) is 9.53 Å². The fourth-order valence-corrected chi connectivity index (χ4v) is 2.01. The molecule has 0 aromatic carbocycles. The van der Waals surface area contributed by atoms with E-state index in [9.17, 15) is 4.79 Å². The molecule has 0 aromatic heterocycles. The van der Waals surface area contributed by atoms with Crippen LogP contribution in [0.2, 0.25) is 0 Å². The van der Waals surface area contributed by atoms with Gasteiger partial charge in [-0.1, -0.05) is 25.6 Å². The molecule has 0 fully saturated rings. The average Bonchev–Trinajstić information content (AvgIpc) is 2.52. The highest BCUT2D eigenvalue weighted by molar-refractivity contribution is 9.10. The number of carbonyl (C=O) groups excluding carboxylic acids is 1. The Morgan fingerprint density at radius 1 is 1.69 bits per heavy atom. The van der Waals surface area contributed by atoms with Crippen LogP contribution in [0.5, 0.6) is 0 Å². The lowest BCUT2D eigenvalue weighted by Crippen LogP contribution is -2.38. The number of nitrogens with one attached hydrogen (secondary N) is 2. The molecular formula is C9H16BrN3O2S. The van der Waals surface area contributed by atoms with Crippen molar-refractivity contribution in [2.75, 3.05) is 12.4 Å². The number of aliphatic imine (C=N–C) groups is 1. The SMILES string of the molecule is CC(C)COC(=O)CSC1=NC(C)(Br)NN1. The van der Waals surface area contributed by atoms with Crippen molar-refractivity contribution in [2.24, 2.45) is 10.9 Å². The lowest BCUT2D eigenvalue weighted by molar-refractivity contribution is -0.141. The summed E-state index contributed by atoms with van der Waals surface area (Å²) in [6.07, 6.45) is 0. The summed E-state index contributed by atoms with van der Waals surface area (Å²) < 4.78 is 4.55. The van der Waals surface area contributed by atoms with Crippen molar-refractivity contribution in [2.45, 2.75) is 25.3 Å². The number of halogens is 1. The predicted molar refractivity (Wildman–Crippen MR) is 69.3 cm³/mol. The van der Waals surface area contributed by atoms with Crippen LogP contribution in [0.25, 0.3) is 0 Å². The topological polar surface area (TPSA) is 62.7 Å². The molecule has 1 atom stereocenters. The first-order valence-corrected chi connectivity index (χ1v) is 6.77. The van der Waals surface area contributed by atoms with Gasteiger partial charge in [-0.25, -0.2) is 4.99 Å². The molecule has 1 aliphatic rings. The fourth-order valence-electron chi connectivity index (χ4n) is 0.911. The third-order valence-electron chi connectivity index (χ3n) is 1.61. The van der Waals surface area contributed by atoms with Crippen molar-refractivity contribution >= 4 is 38.8 Å². The molecule has 1 aliphatic heterocycles. The van der Waals surface area contributed by atoms with Gasteiger partial charge in [-0.15, -0.1) is 0 Å². The summed E-state index contributed by atoms with van der Waals surface area (Å²) in [5, 5.41) is 0.681. The van der Waals surface area contributed by atoms with Crippen molar-refractivity contribution < 1.29 is 9.53 Å². The summed E-state index contributed by atoms with van der Waals surface area (Å²) in [6.45, 7) is 6.34. The van der Waals surface area contributed by atoms with Crippen molar-refractivity contribution in [1.29, 1.82) is 0 Å². The lowest BCUT2D eigenvalue weighted by Gasteiger charge is -2.08. The molecule has 1 unspecified atom stereocenters. The minimum absolute atomic E-state index is 0.216. The van der Waals surface area contributed by atoms with Gasteiger partial charge in [0, 0.05) is 0 Å². The maximum Gasteiger partial charge on any atom is 0.316 e. The van der Waals surface area contributed by atoms with Crippen LogP contribution in [0.4, 0.5) is 0 Å². The van der Waals surface area contributed by atoms with Gasteiger partial charge < -0.3 is 4.74 Å². The molecule has 2 N–H and O–H groups in total. The van der Waals surface area contributed by atoms with Gasteiger partial charge >= 0.3 is 5.97 Å². The number of hydrogen-bond acceptors (Lipinski definition) is 6. The van der Waals surface area contributed by atoms with Gasteiger partial charge in [0.05, 0.1) is 12.4 Å². The van der Waals surface area contributed by atoms with E-state index in [-0.39, 0.29) is 11.7 Å². The number of alkyl halides is 1. The Balaban J connectivity index is 2.23. The zero-order valence-electron chi connectivity index (χ0n) is 9.54. The Bertz CT molecular complexity index is 294. The Hall–Kier alpha value is -0.270. The molecule has 16 heavy (non-hydrogen) atoms. The molecule has 0 aromatic rings. The Labute approximate surface area is 108 Å². The second-order valence-corrected chi connectivity index (χ2v) is 6.49. The minimum atomic E-state index is -0.489. The summed E-state index contributed by atoms with van der Waals surface area (Å²) >= 11 is 4.67. The minimum Gasteiger partial charge on any atom is -0.465 e. The maximum absolute atomic E-state index is 11.3. The molecule has 92 valence electrons. The molecule has 0 saturated carbocycles. The van der Waals surface area contributed by atoms with E-state index in [4.69, 9.17) is 4.74 Å². The van der Waals surface area contributed by atoms with Gasteiger partial charge in [-0.3, -0.25) is 10.2 Å². The van der Waals surface area contributed by atoms with Crippen LogP contribution < -0.4 is 10.9 Å². The van der Waals surface area contributed by atoms with Crippen LogP contribution in [0.15, 0.2) is 4.99 Å². The number of thioether (sulfide) groups is 1. The Kier molecular flexibility index (Phi) is 5.07. The highest BCUT2D eigenvalue weighted by atomic mass is 79.9. The number of ether oxygens (including phenoxy) is 1. The second-order valence-electron chi connectivity index (χ2n) is 3.99. The maximum atomic E-state index is 11.3. The first-order chi connectivity index (χ1) is 7.39. The number of nitrogens with zero attached hydrogens (tertiary/aromatic N) is 1. The number of rotatable bonds is 4. The first kappa shape index (κ1) is 13.8. The number of amidine groups is 1. The quantitative estimate of drug-likeness (QED) is 0.467. The zero-order valence-corrected chi connectivity index (χ0v) is 11.9. The van der Waals surface area contributed by atoms with Gasteiger partial charge in [0.2, 0.25) is 0 Å². The summed E-state index contributed by atoms with van der Waals surface area (Å²) in [5.74, 6) is 0.415. The highest BCUT2D eigenvalue weighted by Gasteiger charge is 2.25. The van der Waals surface area contributed by atoms with Gasteiger partial charge in [-0.05, 0) is 28.8 Å². The summed E-state index contributed by atoms with van der Waals surface area (Å²) in [7, 11) is 0. The monoisotopic (exact) mass is 309 g/mol.